The van der Waals surface area contributed by atoms with Gasteiger partial charge in [-0.25, -0.2) is 0 Å². The highest BCUT2D eigenvalue weighted by Crippen LogP contribution is 2.08. The molecule has 0 saturated carbocycles. The van der Waals surface area contributed by atoms with E-state index in [0.29, 0.717) is 17.8 Å². The maximum Gasteiger partial charge on any atom is 0.105 e. The molecule has 0 amide bonds. The lowest BCUT2D eigenvalue weighted by Crippen LogP contribution is -2.47. The molecule has 8 heteroatoms. The summed E-state index contributed by atoms with van der Waals surface area (Å²) in [6.45, 7) is 3.13. The van der Waals surface area contributed by atoms with Crippen LogP contribution in [0.3, 0.4) is 0 Å². The first kappa shape index (κ1) is 22.6. The predicted molar refractivity (Wildman–Crippen MR) is 91.3 cm³/mol. The molecule has 5 unspecified atom stereocenters. The van der Waals surface area contributed by atoms with Crippen molar-refractivity contribution >= 4 is 17.2 Å². The first-order chi connectivity index (χ1) is 10.8. The Labute approximate surface area is 143 Å². The van der Waals surface area contributed by atoms with Crippen LogP contribution in [0.2, 0.25) is 0 Å². The second-order valence-corrected chi connectivity index (χ2v) is 6.14. The van der Waals surface area contributed by atoms with Crippen molar-refractivity contribution in [2.45, 2.75) is 70.0 Å². The van der Waals surface area contributed by atoms with Gasteiger partial charge in [-0.15, -0.1) is 0 Å². The molecule has 6 N–H and O–H groups in total. The second kappa shape index (κ2) is 13.0. The van der Waals surface area contributed by atoms with E-state index in [4.69, 9.17) is 22.1 Å². The van der Waals surface area contributed by atoms with Crippen LogP contribution in [-0.4, -0.2) is 80.8 Å². The van der Waals surface area contributed by atoms with Gasteiger partial charge in [0.2, 0.25) is 0 Å². The van der Waals surface area contributed by atoms with Gasteiger partial charge in [0.1, 0.15) is 12.2 Å². The molecule has 0 radical (unpaired) electrons. The van der Waals surface area contributed by atoms with Crippen molar-refractivity contribution in [3.8, 4) is 0 Å². The summed E-state index contributed by atoms with van der Waals surface area (Å²) in [5.41, 5.74) is 0. The van der Waals surface area contributed by atoms with E-state index >= 15 is 0 Å². The standard InChI is InChI=1S/C15H31NO6S/c1-3-5-15(23)16-11(12(19)6-10(18)4-2)8-22-9-14(21)13(20)7-17/h10-14,17-21H,3-9H2,1-2H3,(H,16,23). The van der Waals surface area contributed by atoms with Crippen molar-refractivity contribution in [1.29, 1.82) is 0 Å². The summed E-state index contributed by atoms with van der Waals surface area (Å²) in [7, 11) is 0. The number of rotatable bonds is 13. The Morgan fingerprint density at radius 3 is 2.22 bits per heavy atom. The number of aliphatic hydroxyl groups is 5. The first-order valence-corrected chi connectivity index (χ1v) is 8.46. The summed E-state index contributed by atoms with van der Waals surface area (Å²) in [5.74, 6) is 0. The highest BCUT2D eigenvalue weighted by atomic mass is 32.1. The molecular formula is C15H31NO6S. The Morgan fingerprint density at radius 2 is 1.70 bits per heavy atom. The summed E-state index contributed by atoms with van der Waals surface area (Å²) < 4.78 is 5.31. The minimum absolute atomic E-state index is 0.0522. The summed E-state index contributed by atoms with van der Waals surface area (Å²) in [4.78, 5) is 0.599. The predicted octanol–water partition coefficient (Wildman–Crippen LogP) is -0.675. The maximum absolute atomic E-state index is 10.2. The largest absolute Gasteiger partial charge is 0.394 e. The molecule has 0 rings (SSSR count). The van der Waals surface area contributed by atoms with Gasteiger partial charge in [-0.3, -0.25) is 0 Å². The lowest BCUT2D eigenvalue weighted by Gasteiger charge is -2.27. The zero-order valence-electron chi connectivity index (χ0n) is 13.9. The molecule has 0 spiro atoms. The van der Waals surface area contributed by atoms with Crippen LogP contribution in [0.15, 0.2) is 0 Å². The fourth-order valence-electron chi connectivity index (χ4n) is 1.91. The van der Waals surface area contributed by atoms with Gasteiger partial charge in [-0.1, -0.05) is 26.1 Å². The molecule has 0 bridgehead atoms. The van der Waals surface area contributed by atoms with Crippen LogP contribution in [0.5, 0.6) is 0 Å². The van der Waals surface area contributed by atoms with Gasteiger partial charge in [-0.05, 0) is 19.3 Å². The summed E-state index contributed by atoms with van der Waals surface area (Å²) >= 11 is 5.19. The van der Waals surface area contributed by atoms with Crippen molar-refractivity contribution in [3.63, 3.8) is 0 Å². The molecule has 0 heterocycles. The third-order valence-corrected chi connectivity index (χ3v) is 3.81. The van der Waals surface area contributed by atoms with E-state index < -0.39 is 37.1 Å². The van der Waals surface area contributed by atoms with E-state index in [1.54, 1.807) is 0 Å². The molecule has 7 nitrogen and oxygen atoms in total. The van der Waals surface area contributed by atoms with E-state index in [2.05, 4.69) is 5.32 Å². The molecule has 0 aromatic heterocycles. The zero-order valence-corrected chi connectivity index (χ0v) is 14.7. The zero-order chi connectivity index (χ0) is 17.8. The van der Waals surface area contributed by atoms with Crippen LogP contribution < -0.4 is 5.32 Å². The molecule has 5 atom stereocenters. The second-order valence-electron chi connectivity index (χ2n) is 5.64. The molecular weight excluding hydrogens is 322 g/mol. The number of hydrogen-bond donors (Lipinski definition) is 6. The Kier molecular flexibility index (Phi) is 12.8. The topological polar surface area (TPSA) is 122 Å². The SMILES string of the molecule is CCCC(=S)NC(COCC(O)C(O)CO)C(O)CC(O)CC. The summed E-state index contributed by atoms with van der Waals surface area (Å²) in [6, 6.07) is -0.520. The van der Waals surface area contributed by atoms with Gasteiger partial charge in [0.25, 0.3) is 0 Å². The van der Waals surface area contributed by atoms with Crippen LogP contribution >= 0.6 is 12.2 Å². The highest BCUT2D eigenvalue weighted by molar-refractivity contribution is 7.80. The van der Waals surface area contributed by atoms with Crippen molar-refractivity contribution in [1.82, 2.24) is 5.32 Å². The fourth-order valence-corrected chi connectivity index (χ4v) is 2.27. The quantitative estimate of drug-likeness (QED) is 0.241. The minimum Gasteiger partial charge on any atom is -0.394 e. The first-order valence-electron chi connectivity index (χ1n) is 8.05. The van der Waals surface area contributed by atoms with Gasteiger partial charge in [0.05, 0.1) is 43.1 Å². The molecule has 0 saturated heterocycles. The lowest BCUT2D eigenvalue weighted by molar-refractivity contribution is -0.0649. The number of hydrogen-bond acceptors (Lipinski definition) is 7. The molecule has 138 valence electrons. The third kappa shape index (κ3) is 10.2. The van der Waals surface area contributed by atoms with Crippen LogP contribution in [0.25, 0.3) is 0 Å². The lowest BCUT2D eigenvalue weighted by atomic mass is 10.0. The van der Waals surface area contributed by atoms with E-state index in [0.717, 1.165) is 6.42 Å². The minimum atomic E-state index is -1.27. The third-order valence-electron chi connectivity index (χ3n) is 3.49. The Balaban J connectivity index is 4.49. The normalized spacial score (nSPS) is 18.0. The van der Waals surface area contributed by atoms with Crippen molar-refractivity contribution < 1.29 is 30.3 Å². The molecule has 0 fully saturated rings. The molecule has 0 aliphatic carbocycles. The van der Waals surface area contributed by atoms with Crippen LogP contribution in [0, 0.1) is 0 Å². The highest BCUT2D eigenvalue weighted by Gasteiger charge is 2.24. The smallest absolute Gasteiger partial charge is 0.105 e. The van der Waals surface area contributed by atoms with Crippen molar-refractivity contribution in [2.75, 3.05) is 19.8 Å². The van der Waals surface area contributed by atoms with Gasteiger partial charge >= 0.3 is 0 Å². The summed E-state index contributed by atoms with van der Waals surface area (Å²) in [6.07, 6.45) is -1.68. The van der Waals surface area contributed by atoms with Gasteiger partial charge in [-0.2, -0.15) is 0 Å². The number of aliphatic hydroxyl groups excluding tert-OH is 5. The fraction of sp³-hybridized carbons (Fsp3) is 0.933. The maximum atomic E-state index is 10.2. The van der Waals surface area contributed by atoms with Gasteiger partial charge < -0.3 is 35.6 Å². The monoisotopic (exact) mass is 353 g/mol. The van der Waals surface area contributed by atoms with Crippen LogP contribution in [0.4, 0.5) is 0 Å². The van der Waals surface area contributed by atoms with E-state index in [1.165, 1.54) is 0 Å². The molecule has 0 aromatic carbocycles. The molecule has 0 aliphatic rings. The number of ether oxygens (including phenoxy) is 1. The summed E-state index contributed by atoms with van der Waals surface area (Å²) in [5, 5.41) is 50.5. The number of thiocarbonyl (C=S) groups is 1. The number of nitrogens with one attached hydrogen (secondary N) is 1. The molecule has 0 aromatic rings. The van der Waals surface area contributed by atoms with Crippen molar-refractivity contribution in [2.24, 2.45) is 0 Å². The van der Waals surface area contributed by atoms with Crippen molar-refractivity contribution in [3.05, 3.63) is 0 Å². The van der Waals surface area contributed by atoms with E-state index in [9.17, 15) is 20.4 Å². The Morgan fingerprint density at radius 1 is 1.04 bits per heavy atom. The Bertz CT molecular complexity index is 320. The average Bonchev–Trinajstić information content (AvgIpc) is 2.52. The Hall–Kier alpha value is -0.350. The average molecular weight is 353 g/mol. The molecule has 0 aliphatic heterocycles. The van der Waals surface area contributed by atoms with Gasteiger partial charge in [0.15, 0.2) is 0 Å². The van der Waals surface area contributed by atoms with Crippen LogP contribution in [0.1, 0.15) is 39.5 Å². The van der Waals surface area contributed by atoms with E-state index in [1.807, 2.05) is 13.8 Å². The van der Waals surface area contributed by atoms with E-state index in [-0.39, 0.29) is 19.6 Å². The van der Waals surface area contributed by atoms with Crippen LogP contribution in [-0.2, 0) is 4.74 Å². The van der Waals surface area contributed by atoms with Gasteiger partial charge in [0, 0.05) is 6.42 Å². The molecule has 23 heavy (non-hydrogen) atoms.